The predicted molar refractivity (Wildman–Crippen MR) is 128 cm³/mol. The van der Waals surface area contributed by atoms with Gasteiger partial charge in [0, 0.05) is 62.2 Å². The van der Waals surface area contributed by atoms with Gasteiger partial charge in [0.2, 0.25) is 0 Å². The molecular formula is C25H31N3O3S. The van der Waals surface area contributed by atoms with Crippen molar-refractivity contribution in [3.05, 3.63) is 66.7 Å². The lowest BCUT2D eigenvalue weighted by Gasteiger charge is -2.43. The Morgan fingerprint density at radius 3 is 2.62 bits per heavy atom. The van der Waals surface area contributed by atoms with Crippen LogP contribution in [0.4, 0.5) is 11.4 Å². The number of rotatable bonds is 6. The number of hydrogen-bond donors (Lipinski definition) is 1. The van der Waals surface area contributed by atoms with Crippen LogP contribution in [0.15, 0.2) is 66.1 Å². The largest absolute Gasteiger partial charge is 0.381 e. The molecule has 2 saturated heterocycles. The van der Waals surface area contributed by atoms with E-state index in [1.165, 1.54) is 11.3 Å². The molecule has 0 spiro atoms. The van der Waals surface area contributed by atoms with Gasteiger partial charge >= 0.3 is 0 Å². The van der Waals surface area contributed by atoms with Gasteiger partial charge in [-0.1, -0.05) is 24.3 Å². The summed E-state index contributed by atoms with van der Waals surface area (Å²) in [5.74, 6) is 0.364. The van der Waals surface area contributed by atoms with Gasteiger partial charge in [0.15, 0.2) is 0 Å². The van der Waals surface area contributed by atoms with Crippen LogP contribution in [0, 0.1) is 0 Å². The maximum Gasteiger partial charge on any atom is 0.261 e. The molecule has 2 fully saturated rings. The van der Waals surface area contributed by atoms with E-state index < -0.39 is 10.0 Å². The molecule has 5 rings (SSSR count). The summed E-state index contributed by atoms with van der Waals surface area (Å²) in [5, 5.41) is 0. The minimum absolute atomic E-state index is 0.273. The Hall–Kier alpha value is -2.35. The van der Waals surface area contributed by atoms with Crippen LogP contribution < -0.4 is 9.62 Å². The Labute approximate surface area is 190 Å². The predicted octanol–water partition coefficient (Wildman–Crippen LogP) is 3.83. The highest BCUT2D eigenvalue weighted by Crippen LogP contribution is 2.46. The number of nitrogens with one attached hydrogen (secondary N) is 1. The van der Waals surface area contributed by atoms with E-state index in [0.29, 0.717) is 23.7 Å². The van der Waals surface area contributed by atoms with Gasteiger partial charge in [0.25, 0.3) is 10.0 Å². The molecule has 1 N–H and O–H groups in total. The third-order valence-electron chi connectivity index (χ3n) is 7.08. The summed E-state index contributed by atoms with van der Waals surface area (Å²) in [6, 6.07) is 15.5. The molecule has 2 aromatic rings. The topological polar surface area (TPSA) is 61.9 Å². The van der Waals surface area contributed by atoms with Crippen molar-refractivity contribution in [3.8, 4) is 0 Å². The molecule has 0 radical (unpaired) electrons. The van der Waals surface area contributed by atoms with Gasteiger partial charge in [0.1, 0.15) is 0 Å². The van der Waals surface area contributed by atoms with Crippen molar-refractivity contribution in [2.75, 3.05) is 42.5 Å². The second-order valence-electron chi connectivity index (χ2n) is 8.93. The van der Waals surface area contributed by atoms with E-state index in [4.69, 9.17) is 4.74 Å². The fourth-order valence-electron chi connectivity index (χ4n) is 5.57. The third-order valence-corrected chi connectivity index (χ3v) is 8.48. The molecule has 3 aliphatic rings. The van der Waals surface area contributed by atoms with E-state index in [-0.39, 0.29) is 4.90 Å². The number of hydrogen-bond acceptors (Lipinski definition) is 5. The Bertz CT molecular complexity index is 1070. The molecule has 2 atom stereocenters. The first-order chi connectivity index (χ1) is 15.6. The highest BCUT2D eigenvalue weighted by Gasteiger charge is 2.43. The molecule has 2 aromatic carbocycles. The van der Waals surface area contributed by atoms with Crippen molar-refractivity contribution >= 4 is 21.4 Å². The molecule has 7 heteroatoms. The normalized spacial score (nSPS) is 24.1. The van der Waals surface area contributed by atoms with Crippen LogP contribution in [0.1, 0.15) is 30.7 Å². The maximum absolute atomic E-state index is 12.9. The molecule has 3 aliphatic heterocycles. The summed E-state index contributed by atoms with van der Waals surface area (Å²) >= 11 is 0. The number of anilines is 2. The zero-order valence-corrected chi connectivity index (χ0v) is 19.1. The summed E-state index contributed by atoms with van der Waals surface area (Å²) in [6.07, 6.45) is 5.26. The van der Waals surface area contributed by atoms with E-state index >= 15 is 0 Å². The van der Waals surface area contributed by atoms with Gasteiger partial charge in [0.05, 0.1) is 4.90 Å². The van der Waals surface area contributed by atoms with Crippen molar-refractivity contribution in [1.29, 1.82) is 0 Å². The summed E-state index contributed by atoms with van der Waals surface area (Å²) in [4.78, 5) is 5.35. The van der Waals surface area contributed by atoms with Gasteiger partial charge in [-0.25, -0.2) is 8.42 Å². The highest BCUT2D eigenvalue weighted by atomic mass is 32.2. The Morgan fingerprint density at radius 1 is 1.09 bits per heavy atom. The molecule has 0 saturated carbocycles. The van der Waals surface area contributed by atoms with Gasteiger partial charge in [-0.3, -0.25) is 9.62 Å². The fourth-order valence-corrected chi connectivity index (χ4v) is 6.64. The van der Waals surface area contributed by atoms with Gasteiger partial charge in [-0.2, -0.15) is 0 Å². The molecule has 0 aromatic heterocycles. The molecule has 32 heavy (non-hydrogen) atoms. The van der Waals surface area contributed by atoms with E-state index in [9.17, 15) is 8.42 Å². The van der Waals surface area contributed by atoms with Crippen molar-refractivity contribution in [3.63, 3.8) is 0 Å². The number of ether oxygens (including phenoxy) is 1. The second-order valence-corrected chi connectivity index (χ2v) is 10.6. The number of nitrogens with zero attached hydrogens (tertiary/aromatic N) is 2. The van der Waals surface area contributed by atoms with E-state index in [1.807, 2.05) is 24.3 Å². The van der Waals surface area contributed by atoms with Crippen molar-refractivity contribution in [2.45, 2.75) is 42.2 Å². The average Bonchev–Trinajstić information content (AvgIpc) is 3.13. The van der Waals surface area contributed by atoms with Crippen LogP contribution in [-0.4, -0.2) is 58.2 Å². The number of fused-ring (bicyclic) bond motifs is 3. The second kappa shape index (κ2) is 8.89. The standard InChI is InChI=1S/C25H31N3O3S/c1-2-13-28-24-9-8-19(26-32(29,30)21-6-4-3-5-7-21)17-22(24)23-18-27(14-10-25(23)28)20-11-15-31-16-12-20/h2-9,17,20,23,25-26H,1,10-16,18H2. The van der Waals surface area contributed by atoms with E-state index in [0.717, 1.165) is 52.1 Å². The molecule has 3 heterocycles. The van der Waals surface area contributed by atoms with Crippen LogP contribution in [0.2, 0.25) is 0 Å². The molecule has 6 nitrogen and oxygen atoms in total. The highest BCUT2D eigenvalue weighted by molar-refractivity contribution is 7.92. The number of benzene rings is 2. The molecule has 0 bridgehead atoms. The molecule has 0 amide bonds. The van der Waals surface area contributed by atoms with Crippen LogP contribution in [-0.2, 0) is 14.8 Å². The lowest BCUT2D eigenvalue weighted by atomic mass is 9.87. The molecular weight excluding hydrogens is 422 g/mol. The molecule has 2 unspecified atom stereocenters. The number of sulfonamides is 1. The quantitative estimate of drug-likeness (QED) is 0.674. The van der Waals surface area contributed by atoms with Crippen LogP contribution in [0.3, 0.4) is 0 Å². The van der Waals surface area contributed by atoms with Crippen molar-refractivity contribution in [2.24, 2.45) is 0 Å². The Balaban J connectivity index is 1.43. The number of piperidine rings is 1. The van der Waals surface area contributed by atoms with E-state index in [1.54, 1.807) is 24.3 Å². The SMILES string of the molecule is C=CCN1c2ccc(NS(=O)(=O)c3ccccc3)cc2C2CN(C3CCOCC3)CCC21. The summed E-state index contributed by atoms with van der Waals surface area (Å²) < 4.78 is 34.1. The monoisotopic (exact) mass is 453 g/mol. The first-order valence-corrected chi connectivity index (χ1v) is 13.0. The Morgan fingerprint density at radius 2 is 1.88 bits per heavy atom. The van der Waals surface area contributed by atoms with Crippen LogP contribution in [0.5, 0.6) is 0 Å². The minimum atomic E-state index is -3.62. The Kier molecular flexibility index (Phi) is 5.97. The third kappa shape index (κ3) is 4.05. The van der Waals surface area contributed by atoms with Crippen molar-refractivity contribution < 1.29 is 13.2 Å². The van der Waals surface area contributed by atoms with Gasteiger partial charge in [-0.05, 0) is 55.2 Å². The zero-order valence-electron chi connectivity index (χ0n) is 18.3. The smallest absolute Gasteiger partial charge is 0.261 e. The van der Waals surface area contributed by atoms with Crippen LogP contribution >= 0.6 is 0 Å². The van der Waals surface area contributed by atoms with E-state index in [2.05, 4.69) is 27.2 Å². The zero-order chi connectivity index (χ0) is 22.1. The minimum Gasteiger partial charge on any atom is -0.381 e. The lowest BCUT2D eigenvalue weighted by molar-refractivity contribution is 0.0223. The fraction of sp³-hybridized carbons (Fsp3) is 0.440. The molecule has 170 valence electrons. The summed E-state index contributed by atoms with van der Waals surface area (Å²) in [7, 11) is -3.62. The van der Waals surface area contributed by atoms with Crippen LogP contribution in [0.25, 0.3) is 0 Å². The summed E-state index contributed by atoms with van der Waals surface area (Å²) in [5.41, 5.74) is 3.06. The van der Waals surface area contributed by atoms with Gasteiger partial charge < -0.3 is 9.64 Å². The molecule has 0 aliphatic carbocycles. The van der Waals surface area contributed by atoms with Crippen molar-refractivity contribution in [1.82, 2.24) is 4.90 Å². The number of likely N-dealkylation sites (tertiary alicyclic amines) is 1. The van der Waals surface area contributed by atoms with Gasteiger partial charge in [-0.15, -0.1) is 6.58 Å². The first-order valence-electron chi connectivity index (χ1n) is 11.5. The summed E-state index contributed by atoms with van der Waals surface area (Å²) in [6.45, 7) is 8.57. The lowest BCUT2D eigenvalue weighted by Crippen LogP contribution is -2.50. The average molecular weight is 454 g/mol. The maximum atomic E-state index is 12.9. The first kappa shape index (κ1) is 21.5.